The number of rotatable bonds is 1. The molecular formula is C11H15N. The highest BCUT2D eigenvalue weighted by Gasteiger charge is 2.22. The summed E-state index contributed by atoms with van der Waals surface area (Å²) in [5.41, 5.74) is 1.46. The lowest BCUT2D eigenvalue weighted by Crippen LogP contribution is -2.25. The average molecular weight is 161 g/mol. The molecule has 0 spiro atoms. The Kier molecular flexibility index (Phi) is 1.80. The molecule has 1 heteroatoms. The third-order valence-electron chi connectivity index (χ3n) is 2.56. The number of hydrogen-bond donors (Lipinski definition) is 0. The summed E-state index contributed by atoms with van der Waals surface area (Å²) >= 11 is 0. The first-order valence-electron chi connectivity index (χ1n) is 4.59. The van der Waals surface area contributed by atoms with Crippen LogP contribution in [0, 0.1) is 5.92 Å². The first-order valence-corrected chi connectivity index (χ1v) is 4.59. The molecule has 1 aliphatic heterocycles. The van der Waals surface area contributed by atoms with Gasteiger partial charge in [-0.3, -0.25) is 0 Å². The van der Waals surface area contributed by atoms with Gasteiger partial charge in [-0.05, 0) is 19.4 Å². The van der Waals surface area contributed by atoms with Gasteiger partial charge in [-0.25, -0.2) is 0 Å². The second-order valence-electron chi connectivity index (χ2n) is 3.77. The molecule has 1 heterocycles. The third-order valence-corrected chi connectivity index (χ3v) is 2.56. The molecule has 1 aliphatic carbocycles. The molecule has 1 unspecified atom stereocenters. The van der Waals surface area contributed by atoms with Crippen LogP contribution in [0.2, 0.25) is 0 Å². The molecule has 64 valence electrons. The lowest BCUT2D eigenvalue weighted by Gasteiger charge is -2.21. The molecule has 0 aromatic heterocycles. The van der Waals surface area contributed by atoms with E-state index < -0.39 is 0 Å². The van der Waals surface area contributed by atoms with Crippen molar-refractivity contribution >= 4 is 0 Å². The first-order chi connectivity index (χ1) is 5.77. The molecule has 0 aromatic rings. The van der Waals surface area contributed by atoms with Crippen LogP contribution in [0.3, 0.4) is 0 Å². The number of hydrogen-bond acceptors (Lipinski definition) is 1. The van der Waals surface area contributed by atoms with Crippen molar-refractivity contribution in [2.45, 2.75) is 19.9 Å². The Morgan fingerprint density at radius 3 is 2.92 bits per heavy atom. The van der Waals surface area contributed by atoms with Crippen LogP contribution in [0.5, 0.6) is 0 Å². The molecular weight excluding hydrogens is 146 g/mol. The molecule has 0 bridgehead atoms. The first kappa shape index (κ1) is 7.66. The Balaban J connectivity index is 2.17. The fourth-order valence-corrected chi connectivity index (χ4v) is 1.74. The zero-order valence-electron chi connectivity index (χ0n) is 7.70. The monoisotopic (exact) mass is 161 g/mol. The Bertz CT molecular complexity index is 258. The van der Waals surface area contributed by atoms with Crippen LogP contribution in [-0.4, -0.2) is 17.5 Å². The number of fused-ring (bicyclic) bond motifs is 1. The summed E-state index contributed by atoms with van der Waals surface area (Å²) in [6, 6.07) is 0.630. The lowest BCUT2D eigenvalue weighted by atomic mass is 9.98. The van der Waals surface area contributed by atoms with E-state index in [1.807, 2.05) is 0 Å². The van der Waals surface area contributed by atoms with Crippen molar-refractivity contribution in [3.63, 3.8) is 0 Å². The minimum absolute atomic E-state index is 0.630. The highest BCUT2D eigenvalue weighted by atomic mass is 15.1. The van der Waals surface area contributed by atoms with E-state index >= 15 is 0 Å². The Labute approximate surface area is 74.1 Å². The Hall–Kier alpha value is -0.980. The zero-order valence-corrected chi connectivity index (χ0v) is 7.70. The molecule has 0 amide bonds. The van der Waals surface area contributed by atoms with Gasteiger partial charge in [0.25, 0.3) is 0 Å². The van der Waals surface area contributed by atoms with Gasteiger partial charge in [0.1, 0.15) is 0 Å². The van der Waals surface area contributed by atoms with Crippen molar-refractivity contribution in [1.82, 2.24) is 4.90 Å². The second-order valence-corrected chi connectivity index (χ2v) is 3.77. The second kappa shape index (κ2) is 2.81. The summed E-state index contributed by atoms with van der Waals surface area (Å²) in [7, 11) is 0. The maximum Gasteiger partial charge on any atom is 0.0279 e. The Morgan fingerprint density at radius 2 is 2.25 bits per heavy atom. The highest BCUT2D eigenvalue weighted by Crippen LogP contribution is 2.27. The minimum Gasteiger partial charge on any atom is -0.374 e. The fraction of sp³-hybridized carbons (Fsp3) is 0.455. The van der Waals surface area contributed by atoms with Crippen LogP contribution in [0.4, 0.5) is 0 Å². The molecule has 0 radical (unpaired) electrons. The predicted molar refractivity (Wildman–Crippen MR) is 51.7 cm³/mol. The van der Waals surface area contributed by atoms with Crippen LogP contribution in [0.15, 0.2) is 36.1 Å². The molecule has 0 N–H and O–H groups in total. The van der Waals surface area contributed by atoms with E-state index in [2.05, 4.69) is 49.3 Å². The van der Waals surface area contributed by atoms with Crippen molar-refractivity contribution in [3.8, 4) is 0 Å². The summed E-state index contributed by atoms with van der Waals surface area (Å²) in [5.74, 6) is 0.650. The van der Waals surface area contributed by atoms with E-state index in [0.717, 1.165) is 6.54 Å². The largest absolute Gasteiger partial charge is 0.374 e. The Morgan fingerprint density at radius 1 is 1.42 bits per heavy atom. The van der Waals surface area contributed by atoms with Crippen molar-refractivity contribution < 1.29 is 0 Å². The van der Waals surface area contributed by atoms with E-state index in [9.17, 15) is 0 Å². The SMILES string of the molecule is CC(C)N1C=C2C=CC=CC2C1. The molecule has 1 nitrogen and oxygen atoms in total. The smallest absolute Gasteiger partial charge is 0.0279 e. The van der Waals surface area contributed by atoms with E-state index in [4.69, 9.17) is 0 Å². The molecule has 0 aromatic carbocycles. The van der Waals surface area contributed by atoms with Crippen LogP contribution in [-0.2, 0) is 0 Å². The van der Waals surface area contributed by atoms with Crippen LogP contribution in [0.1, 0.15) is 13.8 Å². The molecule has 0 saturated carbocycles. The molecule has 12 heavy (non-hydrogen) atoms. The van der Waals surface area contributed by atoms with Gasteiger partial charge in [0.05, 0.1) is 0 Å². The number of allylic oxidation sites excluding steroid dienone is 3. The van der Waals surface area contributed by atoms with E-state index in [-0.39, 0.29) is 0 Å². The fourth-order valence-electron chi connectivity index (χ4n) is 1.74. The maximum absolute atomic E-state index is 2.40. The van der Waals surface area contributed by atoms with E-state index in [0.29, 0.717) is 12.0 Å². The molecule has 2 aliphatic rings. The van der Waals surface area contributed by atoms with Gasteiger partial charge in [0, 0.05) is 24.7 Å². The van der Waals surface area contributed by atoms with Gasteiger partial charge in [-0.2, -0.15) is 0 Å². The van der Waals surface area contributed by atoms with E-state index in [1.54, 1.807) is 0 Å². The molecule has 0 saturated heterocycles. The lowest BCUT2D eigenvalue weighted by molar-refractivity contribution is 0.321. The van der Waals surface area contributed by atoms with Crippen molar-refractivity contribution in [2.24, 2.45) is 5.92 Å². The summed E-state index contributed by atoms with van der Waals surface area (Å²) < 4.78 is 0. The van der Waals surface area contributed by atoms with Crippen molar-refractivity contribution in [2.75, 3.05) is 6.54 Å². The summed E-state index contributed by atoms with van der Waals surface area (Å²) in [4.78, 5) is 2.40. The quantitative estimate of drug-likeness (QED) is 0.570. The summed E-state index contributed by atoms with van der Waals surface area (Å²) in [6.07, 6.45) is 11.1. The normalized spacial score (nSPS) is 26.4. The minimum atomic E-state index is 0.630. The third kappa shape index (κ3) is 1.20. The molecule has 0 fully saturated rings. The summed E-state index contributed by atoms with van der Waals surface area (Å²) in [5, 5.41) is 0. The van der Waals surface area contributed by atoms with Gasteiger partial charge in [0.2, 0.25) is 0 Å². The number of nitrogens with zero attached hydrogens (tertiary/aromatic N) is 1. The molecule has 1 atom stereocenters. The zero-order chi connectivity index (χ0) is 8.55. The van der Waals surface area contributed by atoms with Crippen molar-refractivity contribution in [1.29, 1.82) is 0 Å². The van der Waals surface area contributed by atoms with Crippen LogP contribution < -0.4 is 0 Å². The van der Waals surface area contributed by atoms with Gasteiger partial charge in [-0.1, -0.05) is 24.3 Å². The van der Waals surface area contributed by atoms with Crippen LogP contribution >= 0.6 is 0 Å². The van der Waals surface area contributed by atoms with Crippen LogP contribution in [0.25, 0.3) is 0 Å². The van der Waals surface area contributed by atoms with Gasteiger partial charge >= 0.3 is 0 Å². The van der Waals surface area contributed by atoms with Gasteiger partial charge < -0.3 is 4.90 Å². The van der Waals surface area contributed by atoms with E-state index in [1.165, 1.54) is 5.57 Å². The topological polar surface area (TPSA) is 3.24 Å². The van der Waals surface area contributed by atoms with Crippen molar-refractivity contribution in [3.05, 3.63) is 36.1 Å². The standard InChI is InChI=1S/C11H15N/c1-9(2)12-7-10-5-3-4-6-11(10)8-12/h3-7,9,11H,8H2,1-2H3. The average Bonchev–Trinajstić information content (AvgIpc) is 2.46. The predicted octanol–water partition coefficient (Wildman–Crippen LogP) is 2.34. The van der Waals surface area contributed by atoms with Gasteiger partial charge in [-0.15, -0.1) is 0 Å². The maximum atomic E-state index is 2.40. The summed E-state index contributed by atoms with van der Waals surface area (Å²) in [6.45, 7) is 5.64. The highest BCUT2D eigenvalue weighted by molar-refractivity contribution is 5.35. The van der Waals surface area contributed by atoms with Gasteiger partial charge in [0.15, 0.2) is 0 Å². The molecule has 2 rings (SSSR count).